The second-order valence-electron chi connectivity index (χ2n) is 5.04. The fraction of sp³-hybridized carbons (Fsp3) is 0.333. The highest BCUT2D eigenvalue weighted by Crippen LogP contribution is 2.20. The van der Waals surface area contributed by atoms with Crippen molar-refractivity contribution in [1.29, 1.82) is 0 Å². The molecule has 2 amide bonds. The monoisotopic (exact) mass is 305 g/mol. The van der Waals surface area contributed by atoms with E-state index in [-0.39, 0.29) is 17.6 Å². The van der Waals surface area contributed by atoms with E-state index in [0.717, 1.165) is 24.8 Å². The normalized spacial score (nSPS) is 16.7. The maximum absolute atomic E-state index is 12.4. The minimum absolute atomic E-state index is 0.0318. The number of nitrogens with one attached hydrogen (secondary N) is 2. The van der Waals surface area contributed by atoms with Crippen LogP contribution >= 0.6 is 12.6 Å². The maximum atomic E-state index is 12.4. The molecule has 1 aliphatic rings. The molecule has 1 fully saturated rings. The molecular weight excluding hydrogens is 286 g/mol. The van der Waals surface area contributed by atoms with Crippen LogP contribution in [0.25, 0.3) is 0 Å². The first-order valence-corrected chi connectivity index (χ1v) is 7.39. The molecule has 1 aliphatic carbocycles. The lowest BCUT2D eigenvalue weighted by molar-refractivity contribution is -0.128. The van der Waals surface area contributed by atoms with E-state index in [0.29, 0.717) is 0 Å². The van der Waals surface area contributed by atoms with Gasteiger partial charge in [0.2, 0.25) is 5.91 Å². The molecule has 112 valence electrons. The third-order valence-electron chi connectivity index (χ3n) is 3.52. The summed E-state index contributed by atoms with van der Waals surface area (Å²) in [6, 6.07) is 8.54. The molecule has 0 heterocycles. The Labute approximate surface area is 129 Å². The van der Waals surface area contributed by atoms with Gasteiger partial charge in [-0.1, -0.05) is 30.3 Å². The Balaban J connectivity index is 2.13. The number of thiol groups is 1. The van der Waals surface area contributed by atoms with E-state index >= 15 is 0 Å². The van der Waals surface area contributed by atoms with Crippen molar-refractivity contribution in [3.63, 3.8) is 0 Å². The molecule has 0 aliphatic heterocycles. The average Bonchev–Trinajstić information content (AvgIpc) is 2.48. The van der Waals surface area contributed by atoms with Gasteiger partial charge in [0.1, 0.15) is 11.7 Å². The maximum Gasteiger partial charge on any atom is 0.268 e. The summed E-state index contributed by atoms with van der Waals surface area (Å²) in [7, 11) is 0. The van der Waals surface area contributed by atoms with E-state index in [2.05, 4.69) is 23.3 Å². The van der Waals surface area contributed by atoms with Crippen LogP contribution in [0.5, 0.6) is 0 Å². The van der Waals surface area contributed by atoms with Crippen molar-refractivity contribution in [2.24, 2.45) is 5.73 Å². The van der Waals surface area contributed by atoms with E-state index in [9.17, 15) is 9.59 Å². The minimum Gasteiger partial charge on any atom is -0.394 e. The van der Waals surface area contributed by atoms with E-state index in [1.165, 1.54) is 5.41 Å². The molecule has 0 spiro atoms. The van der Waals surface area contributed by atoms with Gasteiger partial charge in [0.15, 0.2) is 0 Å². The van der Waals surface area contributed by atoms with Gasteiger partial charge in [0.25, 0.3) is 5.91 Å². The average molecular weight is 305 g/mol. The van der Waals surface area contributed by atoms with Gasteiger partial charge in [-0.05, 0) is 30.2 Å². The van der Waals surface area contributed by atoms with Crippen LogP contribution in [0.4, 0.5) is 0 Å². The molecule has 1 atom stereocenters. The molecule has 1 saturated carbocycles. The second kappa shape index (κ2) is 7.17. The van der Waals surface area contributed by atoms with Crippen LogP contribution in [-0.2, 0) is 9.59 Å². The first kappa shape index (κ1) is 15.4. The predicted octanol–water partition coefficient (Wildman–Crippen LogP) is 1.24. The van der Waals surface area contributed by atoms with Crippen molar-refractivity contribution in [3.05, 3.63) is 47.0 Å². The zero-order valence-corrected chi connectivity index (χ0v) is 12.5. The highest BCUT2D eigenvalue weighted by molar-refractivity contribution is 7.83. The lowest BCUT2D eigenvalue weighted by Gasteiger charge is -2.29. The van der Waals surface area contributed by atoms with Crippen LogP contribution in [0, 0.1) is 0 Å². The van der Waals surface area contributed by atoms with Gasteiger partial charge in [-0.25, -0.2) is 0 Å². The Kier molecular flexibility index (Phi) is 5.27. The highest BCUT2D eigenvalue weighted by atomic mass is 32.1. The van der Waals surface area contributed by atoms with E-state index in [1.54, 1.807) is 12.1 Å². The SMILES string of the molecule is N/C(=C\S)C(=O)NC(C(=O)NC1CCC1)c1ccccc1. The van der Waals surface area contributed by atoms with Crippen LogP contribution in [0.3, 0.4) is 0 Å². The fourth-order valence-electron chi connectivity index (χ4n) is 2.06. The number of hydrogen-bond acceptors (Lipinski definition) is 4. The third kappa shape index (κ3) is 4.01. The number of carbonyl (C=O) groups is 2. The Morgan fingerprint density at radius 1 is 1.29 bits per heavy atom. The van der Waals surface area contributed by atoms with Crippen molar-refractivity contribution < 1.29 is 9.59 Å². The zero-order valence-electron chi connectivity index (χ0n) is 11.6. The summed E-state index contributed by atoms with van der Waals surface area (Å²) >= 11 is 3.85. The summed E-state index contributed by atoms with van der Waals surface area (Å²) in [5, 5.41) is 6.80. The molecule has 0 bridgehead atoms. The molecular formula is C15H19N3O2S. The van der Waals surface area contributed by atoms with Gasteiger partial charge >= 0.3 is 0 Å². The van der Waals surface area contributed by atoms with Gasteiger partial charge in [-0.3, -0.25) is 9.59 Å². The quantitative estimate of drug-likeness (QED) is 0.488. The van der Waals surface area contributed by atoms with E-state index < -0.39 is 11.9 Å². The molecule has 21 heavy (non-hydrogen) atoms. The minimum atomic E-state index is -0.758. The van der Waals surface area contributed by atoms with E-state index in [4.69, 9.17) is 5.73 Å². The van der Waals surface area contributed by atoms with Crippen molar-refractivity contribution in [3.8, 4) is 0 Å². The molecule has 6 heteroatoms. The van der Waals surface area contributed by atoms with Crippen LogP contribution in [0.1, 0.15) is 30.9 Å². The summed E-state index contributed by atoms with van der Waals surface area (Å²) in [6.45, 7) is 0. The van der Waals surface area contributed by atoms with Crippen LogP contribution in [0.15, 0.2) is 41.4 Å². The Morgan fingerprint density at radius 2 is 1.95 bits per heavy atom. The summed E-state index contributed by atoms with van der Waals surface area (Å²) in [4.78, 5) is 24.3. The lowest BCUT2D eigenvalue weighted by atomic mass is 9.92. The summed E-state index contributed by atoms with van der Waals surface area (Å²) in [5.74, 6) is -0.728. The van der Waals surface area contributed by atoms with Crippen molar-refractivity contribution in [1.82, 2.24) is 10.6 Å². The van der Waals surface area contributed by atoms with Crippen molar-refractivity contribution in [2.45, 2.75) is 31.3 Å². The zero-order chi connectivity index (χ0) is 15.2. The predicted molar refractivity (Wildman–Crippen MR) is 84.4 cm³/mol. The molecule has 0 radical (unpaired) electrons. The Bertz CT molecular complexity index is 541. The molecule has 1 aromatic rings. The first-order valence-electron chi connectivity index (χ1n) is 6.88. The van der Waals surface area contributed by atoms with Crippen LogP contribution in [-0.4, -0.2) is 17.9 Å². The van der Waals surface area contributed by atoms with Gasteiger partial charge in [0.05, 0.1) is 0 Å². The number of benzene rings is 1. The van der Waals surface area contributed by atoms with E-state index in [1.807, 2.05) is 18.2 Å². The topological polar surface area (TPSA) is 84.2 Å². The summed E-state index contributed by atoms with van der Waals surface area (Å²) < 4.78 is 0. The Morgan fingerprint density at radius 3 is 2.48 bits per heavy atom. The first-order chi connectivity index (χ1) is 10.1. The molecule has 1 aromatic carbocycles. The lowest BCUT2D eigenvalue weighted by Crippen LogP contribution is -2.47. The highest BCUT2D eigenvalue weighted by Gasteiger charge is 2.27. The van der Waals surface area contributed by atoms with Gasteiger partial charge in [-0.2, -0.15) is 0 Å². The number of nitrogens with two attached hydrogens (primary N) is 1. The molecule has 5 nitrogen and oxygen atoms in total. The summed E-state index contributed by atoms with van der Waals surface area (Å²) in [6.07, 6.45) is 3.10. The molecule has 1 unspecified atom stereocenters. The fourth-order valence-corrected chi connectivity index (χ4v) is 2.17. The van der Waals surface area contributed by atoms with Gasteiger partial charge in [-0.15, -0.1) is 12.6 Å². The standard InChI is InChI=1S/C15H19N3O2S/c16-12(9-21)14(19)18-13(10-5-2-1-3-6-10)15(20)17-11-7-4-8-11/h1-3,5-6,9,11,13,21H,4,7-8,16H2,(H,17,20)(H,18,19)/b12-9-. The van der Waals surface area contributed by atoms with Gasteiger partial charge < -0.3 is 16.4 Å². The van der Waals surface area contributed by atoms with Gasteiger partial charge in [0, 0.05) is 6.04 Å². The number of carbonyl (C=O) groups excluding carboxylic acids is 2. The number of amides is 2. The Hall–Kier alpha value is -1.95. The van der Waals surface area contributed by atoms with Crippen molar-refractivity contribution in [2.75, 3.05) is 0 Å². The largest absolute Gasteiger partial charge is 0.394 e. The smallest absolute Gasteiger partial charge is 0.268 e. The number of rotatable bonds is 5. The third-order valence-corrected chi connectivity index (χ3v) is 3.80. The van der Waals surface area contributed by atoms with Crippen LogP contribution < -0.4 is 16.4 Å². The summed E-state index contributed by atoms with van der Waals surface area (Å²) in [5.41, 5.74) is 6.21. The number of hydrogen-bond donors (Lipinski definition) is 4. The molecule has 0 saturated heterocycles. The molecule has 4 N–H and O–H groups in total. The molecule has 2 rings (SSSR count). The second-order valence-corrected chi connectivity index (χ2v) is 5.30. The van der Waals surface area contributed by atoms with Crippen molar-refractivity contribution >= 4 is 24.4 Å². The molecule has 0 aromatic heterocycles. The van der Waals surface area contributed by atoms with Crippen LogP contribution in [0.2, 0.25) is 0 Å².